The average molecular weight is 287 g/mol. The fourth-order valence-electron chi connectivity index (χ4n) is 2.66. The number of carboxylic acid groups (broad SMARTS) is 1. The van der Waals surface area contributed by atoms with Gasteiger partial charge >= 0.3 is 5.97 Å². The number of rotatable bonds is 2. The van der Waals surface area contributed by atoms with E-state index in [9.17, 15) is 19.5 Å². The molecule has 1 aliphatic rings. The number of nitrogens with one attached hydrogen (secondary N) is 1. The third-order valence-electron chi connectivity index (χ3n) is 3.76. The molecule has 0 radical (unpaired) electrons. The van der Waals surface area contributed by atoms with Crippen LogP contribution in [-0.4, -0.2) is 32.7 Å². The summed E-state index contributed by atoms with van der Waals surface area (Å²) >= 11 is 0. The molecule has 7 heteroatoms. The summed E-state index contributed by atoms with van der Waals surface area (Å²) in [4.78, 5) is 34.6. The van der Waals surface area contributed by atoms with Gasteiger partial charge in [0, 0.05) is 18.9 Å². The van der Waals surface area contributed by atoms with E-state index in [0.717, 1.165) is 0 Å². The molecule has 0 spiro atoms. The quantitative estimate of drug-likeness (QED) is 0.795. The zero-order valence-corrected chi connectivity index (χ0v) is 11.3. The minimum absolute atomic E-state index is 0.111. The van der Waals surface area contributed by atoms with Crippen molar-refractivity contribution in [3.05, 3.63) is 29.5 Å². The minimum Gasteiger partial charge on any atom is -0.478 e. The van der Waals surface area contributed by atoms with Gasteiger partial charge in [-0.1, -0.05) is 0 Å². The Morgan fingerprint density at radius 2 is 2.19 bits per heavy atom. The second kappa shape index (κ2) is 4.69. The van der Waals surface area contributed by atoms with Crippen LogP contribution in [0.1, 0.15) is 34.7 Å². The molecule has 1 fully saturated rings. The lowest BCUT2D eigenvalue weighted by atomic mass is 9.88. The van der Waals surface area contributed by atoms with E-state index in [1.54, 1.807) is 17.8 Å². The van der Waals surface area contributed by atoms with Crippen LogP contribution in [0.3, 0.4) is 0 Å². The highest BCUT2D eigenvalue weighted by molar-refractivity contribution is 6.05. The van der Waals surface area contributed by atoms with E-state index in [2.05, 4.69) is 10.4 Å². The van der Waals surface area contributed by atoms with Crippen LogP contribution >= 0.6 is 0 Å². The normalized spacial score (nSPS) is 18.8. The number of aryl methyl sites for hydroxylation is 1. The van der Waals surface area contributed by atoms with Crippen LogP contribution in [0.15, 0.2) is 18.3 Å². The number of imide groups is 1. The van der Waals surface area contributed by atoms with Gasteiger partial charge in [0.25, 0.3) is 0 Å². The van der Waals surface area contributed by atoms with Gasteiger partial charge in [0.1, 0.15) is 0 Å². The lowest BCUT2D eigenvalue weighted by Crippen LogP contribution is -2.39. The molecule has 2 amide bonds. The van der Waals surface area contributed by atoms with Crippen molar-refractivity contribution in [3.8, 4) is 0 Å². The van der Waals surface area contributed by atoms with Gasteiger partial charge in [-0.3, -0.25) is 19.6 Å². The van der Waals surface area contributed by atoms with Gasteiger partial charge in [-0.25, -0.2) is 4.79 Å². The Morgan fingerprint density at radius 1 is 1.43 bits per heavy atom. The van der Waals surface area contributed by atoms with Crippen LogP contribution in [0.2, 0.25) is 0 Å². The number of hydrogen-bond acceptors (Lipinski definition) is 4. The van der Waals surface area contributed by atoms with Gasteiger partial charge in [0.15, 0.2) is 0 Å². The van der Waals surface area contributed by atoms with Gasteiger partial charge < -0.3 is 5.11 Å². The second-order valence-electron chi connectivity index (χ2n) is 5.08. The summed E-state index contributed by atoms with van der Waals surface area (Å²) in [5.74, 6) is -2.26. The Morgan fingerprint density at radius 3 is 2.86 bits per heavy atom. The van der Waals surface area contributed by atoms with Gasteiger partial charge in [-0.15, -0.1) is 0 Å². The van der Waals surface area contributed by atoms with Crippen LogP contribution in [0.5, 0.6) is 0 Å². The van der Waals surface area contributed by atoms with Crippen molar-refractivity contribution in [2.24, 2.45) is 7.05 Å². The molecule has 1 aromatic heterocycles. The van der Waals surface area contributed by atoms with E-state index in [-0.39, 0.29) is 23.8 Å². The number of piperidine rings is 1. The van der Waals surface area contributed by atoms with Crippen molar-refractivity contribution in [1.82, 2.24) is 15.1 Å². The third kappa shape index (κ3) is 2.16. The SMILES string of the molecule is Cn1ncc2c(C(=O)O)cc(C3CCC(=O)NC3=O)cc21. The van der Waals surface area contributed by atoms with Crippen molar-refractivity contribution in [2.75, 3.05) is 0 Å². The number of fused-ring (bicyclic) bond motifs is 1. The highest BCUT2D eigenvalue weighted by Gasteiger charge is 2.29. The Bertz CT molecular complexity index is 778. The van der Waals surface area contributed by atoms with E-state index in [1.807, 2.05) is 0 Å². The number of carbonyl (C=O) groups is 3. The summed E-state index contributed by atoms with van der Waals surface area (Å²) in [6, 6.07) is 3.25. The average Bonchev–Trinajstić information content (AvgIpc) is 2.79. The summed E-state index contributed by atoms with van der Waals surface area (Å²) in [6.45, 7) is 0. The van der Waals surface area contributed by atoms with Crippen molar-refractivity contribution < 1.29 is 19.5 Å². The van der Waals surface area contributed by atoms with Crippen LogP contribution in [0.4, 0.5) is 0 Å². The molecule has 108 valence electrons. The lowest BCUT2D eigenvalue weighted by Gasteiger charge is -2.21. The second-order valence-corrected chi connectivity index (χ2v) is 5.08. The first-order valence-corrected chi connectivity index (χ1v) is 6.50. The van der Waals surface area contributed by atoms with E-state index >= 15 is 0 Å². The molecule has 1 atom stereocenters. The van der Waals surface area contributed by atoms with Crippen LogP contribution in [-0.2, 0) is 16.6 Å². The summed E-state index contributed by atoms with van der Waals surface area (Å²) < 4.78 is 1.57. The number of hydrogen-bond donors (Lipinski definition) is 2. The topological polar surface area (TPSA) is 101 Å². The van der Waals surface area contributed by atoms with Crippen LogP contribution < -0.4 is 5.32 Å². The molecule has 1 unspecified atom stereocenters. The molecule has 3 rings (SSSR count). The van der Waals surface area contributed by atoms with Crippen molar-refractivity contribution in [1.29, 1.82) is 0 Å². The highest BCUT2D eigenvalue weighted by Crippen LogP contribution is 2.29. The molecule has 0 saturated carbocycles. The third-order valence-corrected chi connectivity index (χ3v) is 3.76. The van der Waals surface area contributed by atoms with E-state index < -0.39 is 11.9 Å². The van der Waals surface area contributed by atoms with Gasteiger partial charge in [-0.2, -0.15) is 5.10 Å². The summed E-state index contributed by atoms with van der Waals surface area (Å²) in [7, 11) is 1.71. The Kier molecular flexibility index (Phi) is 2.97. The van der Waals surface area contributed by atoms with Gasteiger partial charge in [-0.05, 0) is 24.1 Å². The predicted octanol–water partition coefficient (Wildman–Crippen LogP) is 0.792. The molecule has 2 aromatic rings. The molecular weight excluding hydrogens is 274 g/mol. The minimum atomic E-state index is -1.07. The molecule has 0 aliphatic carbocycles. The number of amides is 2. The number of benzene rings is 1. The molecular formula is C14H13N3O4. The first kappa shape index (κ1) is 13.3. The monoisotopic (exact) mass is 287 g/mol. The van der Waals surface area contributed by atoms with Crippen molar-refractivity contribution >= 4 is 28.7 Å². The smallest absolute Gasteiger partial charge is 0.336 e. The summed E-state index contributed by atoms with van der Waals surface area (Å²) in [6.07, 6.45) is 2.13. The maximum absolute atomic E-state index is 11.9. The van der Waals surface area contributed by atoms with Gasteiger partial charge in [0.05, 0.1) is 23.2 Å². The fraction of sp³-hybridized carbons (Fsp3) is 0.286. The molecule has 7 nitrogen and oxygen atoms in total. The number of nitrogens with zero attached hydrogens (tertiary/aromatic N) is 2. The molecule has 2 N–H and O–H groups in total. The standard InChI is InChI=1S/C14H13N3O4/c1-17-11-5-7(8-2-3-12(18)16-13(8)19)4-9(14(20)21)10(11)6-15-17/h4-6,8H,2-3H2,1H3,(H,20,21)(H,16,18,19). The molecule has 0 bridgehead atoms. The zero-order valence-electron chi connectivity index (χ0n) is 11.3. The van der Waals surface area contributed by atoms with Crippen molar-refractivity contribution in [2.45, 2.75) is 18.8 Å². The van der Waals surface area contributed by atoms with Crippen LogP contribution in [0.25, 0.3) is 10.9 Å². The highest BCUT2D eigenvalue weighted by atomic mass is 16.4. The predicted molar refractivity (Wildman–Crippen MR) is 72.8 cm³/mol. The Labute approximate surface area is 119 Å². The number of aromatic carboxylic acids is 1. The first-order valence-electron chi connectivity index (χ1n) is 6.50. The van der Waals surface area contributed by atoms with Gasteiger partial charge in [0.2, 0.25) is 11.8 Å². The largest absolute Gasteiger partial charge is 0.478 e. The maximum atomic E-state index is 11.9. The Hall–Kier alpha value is -2.70. The van der Waals surface area contributed by atoms with E-state index in [1.165, 1.54) is 12.3 Å². The number of carboxylic acids is 1. The first-order chi connectivity index (χ1) is 9.97. The lowest BCUT2D eigenvalue weighted by molar-refractivity contribution is -0.134. The molecule has 1 aromatic carbocycles. The van der Waals surface area contributed by atoms with E-state index in [4.69, 9.17) is 0 Å². The molecule has 1 saturated heterocycles. The van der Waals surface area contributed by atoms with Crippen molar-refractivity contribution in [3.63, 3.8) is 0 Å². The summed E-state index contributed by atoms with van der Waals surface area (Å²) in [5.41, 5.74) is 1.35. The number of aromatic nitrogens is 2. The number of carbonyl (C=O) groups excluding carboxylic acids is 2. The summed E-state index contributed by atoms with van der Waals surface area (Å²) in [5, 5.41) is 16.2. The fourth-order valence-corrected chi connectivity index (χ4v) is 2.66. The maximum Gasteiger partial charge on any atom is 0.336 e. The van der Waals surface area contributed by atoms with E-state index in [0.29, 0.717) is 22.9 Å². The van der Waals surface area contributed by atoms with Crippen LogP contribution in [0, 0.1) is 0 Å². The molecule has 2 heterocycles. The Balaban J connectivity index is 2.14. The molecule has 21 heavy (non-hydrogen) atoms. The molecule has 1 aliphatic heterocycles. The zero-order chi connectivity index (χ0) is 15.1.